The van der Waals surface area contributed by atoms with Crippen molar-refractivity contribution in [2.24, 2.45) is 0 Å². The molecular formula is C22H21N5O2. The summed E-state index contributed by atoms with van der Waals surface area (Å²) >= 11 is 0. The minimum atomic E-state index is -0.0889. The monoisotopic (exact) mass is 387 g/mol. The Morgan fingerprint density at radius 3 is 2.86 bits per heavy atom. The number of benzene rings is 2. The molecule has 146 valence electrons. The highest BCUT2D eigenvalue weighted by Crippen LogP contribution is 2.37. The van der Waals surface area contributed by atoms with Crippen LogP contribution in [0, 0.1) is 6.92 Å². The van der Waals surface area contributed by atoms with Crippen molar-refractivity contribution in [3.8, 4) is 11.1 Å². The minimum absolute atomic E-state index is 0.0162. The number of carbonyl (C=O) groups excluding carboxylic acids is 2. The van der Waals surface area contributed by atoms with Gasteiger partial charge in [-0.3, -0.25) is 14.7 Å². The summed E-state index contributed by atoms with van der Waals surface area (Å²) in [6.45, 7) is 7.23. The molecular weight excluding hydrogens is 366 g/mol. The summed E-state index contributed by atoms with van der Waals surface area (Å²) in [6.07, 6.45) is 1.31. The maximum Gasteiger partial charge on any atom is 0.254 e. The molecule has 0 spiro atoms. The third-order valence-corrected chi connectivity index (χ3v) is 5.99. The van der Waals surface area contributed by atoms with E-state index in [4.69, 9.17) is 5.73 Å². The number of carbonyl (C=O) groups is 2. The zero-order valence-corrected chi connectivity index (χ0v) is 16.1. The van der Waals surface area contributed by atoms with Gasteiger partial charge in [-0.15, -0.1) is 0 Å². The molecule has 7 nitrogen and oxygen atoms in total. The average Bonchev–Trinajstić information content (AvgIpc) is 3.21. The summed E-state index contributed by atoms with van der Waals surface area (Å²) in [5.41, 5.74) is 11.7. The van der Waals surface area contributed by atoms with Crippen molar-refractivity contribution in [2.45, 2.75) is 19.5 Å². The van der Waals surface area contributed by atoms with E-state index < -0.39 is 0 Å². The Morgan fingerprint density at radius 2 is 2.10 bits per heavy atom. The molecule has 1 fully saturated rings. The molecule has 3 N–H and O–H groups in total. The molecule has 2 aliphatic heterocycles. The third kappa shape index (κ3) is 2.54. The second kappa shape index (κ2) is 6.20. The minimum Gasteiger partial charge on any atom is -0.382 e. The first kappa shape index (κ1) is 17.5. The van der Waals surface area contributed by atoms with E-state index in [-0.39, 0.29) is 17.9 Å². The maximum absolute atomic E-state index is 13.1. The van der Waals surface area contributed by atoms with Gasteiger partial charge in [0.15, 0.2) is 5.82 Å². The van der Waals surface area contributed by atoms with Gasteiger partial charge in [0, 0.05) is 25.2 Å². The number of fused-ring (bicyclic) bond motifs is 2. The fraction of sp³-hybridized carbons (Fsp3) is 0.227. The molecule has 0 aliphatic carbocycles. The lowest BCUT2D eigenvalue weighted by molar-refractivity contribution is -0.132. The molecule has 0 atom stereocenters. The van der Waals surface area contributed by atoms with Crippen LogP contribution in [0.3, 0.4) is 0 Å². The smallest absolute Gasteiger partial charge is 0.254 e. The summed E-state index contributed by atoms with van der Waals surface area (Å²) in [5, 5.41) is 7.96. The highest BCUT2D eigenvalue weighted by atomic mass is 16.2. The Bertz CT molecular complexity index is 1190. The molecule has 0 unspecified atom stereocenters. The molecule has 5 rings (SSSR count). The highest BCUT2D eigenvalue weighted by Gasteiger charge is 2.40. The van der Waals surface area contributed by atoms with Crippen molar-refractivity contribution in [3.05, 3.63) is 59.7 Å². The molecule has 29 heavy (non-hydrogen) atoms. The molecule has 7 heteroatoms. The molecule has 0 saturated carbocycles. The molecule has 2 aliphatic rings. The number of rotatable bonds is 3. The van der Waals surface area contributed by atoms with Crippen molar-refractivity contribution >= 4 is 28.5 Å². The second-order valence-electron chi connectivity index (χ2n) is 7.70. The molecule has 2 aromatic carbocycles. The summed E-state index contributed by atoms with van der Waals surface area (Å²) in [7, 11) is 0. The van der Waals surface area contributed by atoms with Gasteiger partial charge in [0.05, 0.1) is 16.9 Å². The normalized spacial score (nSPS) is 16.2. The van der Waals surface area contributed by atoms with Crippen LogP contribution in [0.4, 0.5) is 5.82 Å². The van der Waals surface area contributed by atoms with Gasteiger partial charge in [-0.25, -0.2) is 0 Å². The van der Waals surface area contributed by atoms with Crippen LogP contribution in [-0.4, -0.2) is 50.9 Å². The Hall–Kier alpha value is -3.61. The van der Waals surface area contributed by atoms with Gasteiger partial charge >= 0.3 is 0 Å². The first-order chi connectivity index (χ1) is 14.0. The number of hydrogen-bond donors (Lipinski definition) is 2. The first-order valence-corrected chi connectivity index (χ1v) is 9.56. The number of nitrogens with zero attached hydrogens (tertiary/aromatic N) is 3. The van der Waals surface area contributed by atoms with Crippen LogP contribution in [0.5, 0.6) is 0 Å². The number of likely N-dealkylation sites (tertiary alicyclic amines) is 1. The quantitative estimate of drug-likeness (QED) is 0.675. The molecule has 0 radical (unpaired) electrons. The number of nitrogen functional groups attached to an aromatic ring is 1. The van der Waals surface area contributed by atoms with Crippen LogP contribution in [0.15, 0.2) is 43.0 Å². The lowest BCUT2D eigenvalue weighted by Gasteiger charge is -2.43. The number of H-pyrrole nitrogens is 1. The largest absolute Gasteiger partial charge is 0.382 e. The van der Waals surface area contributed by atoms with Crippen molar-refractivity contribution in [1.29, 1.82) is 0 Å². The van der Waals surface area contributed by atoms with Crippen molar-refractivity contribution in [1.82, 2.24) is 20.0 Å². The third-order valence-electron chi connectivity index (χ3n) is 5.99. The van der Waals surface area contributed by atoms with Gasteiger partial charge in [-0.1, -0.05) is 24.8 Å². The fourth-order valence-electron chi connectivity index (χ4n) is 4.35. The molecule has 3 aromatic rings. The van der Waals surface area contributed by atoms with Crippen LogP contribution >= 0.6 is 0 Å². The van der Waals surface area contributed by atoms with E-state index >= 15 is 0 Å². The highest BCUT2D eigenvalue weighted by molar-refractivity contribution is 6.05. The van der Waals surface area contributed by atoms with Crippen LogP contribution in [0.2, 0.25) is 0 Å². The van der Waals surface area contributed by atoms with Crippen LogP contribution in [0.25, 0.3) is 22.0 Å². The van der Waals surface area contributed by atoms with E-state index in [1.165, 1.54) is 6.08 Å². The van der Waals surface area contributed by atoms with Crippen LogP contribution in [-0.2, 0) is 11.3 Å². The van der Waals surface area contributed by atoms with Crippen molar-refractivity contribution in [3.63, 3.8) is 0 Å². The summed E-state index contributed by atoms with van der Waals surface area (Å²) < 4.78 is 0. The number of hydrogen-bond acceptors (Lipinski definition) is 4. The maximum atomic E-state index is 13.1. The zero-order valence-electron chi connectivity index (χ0n) is 16.1. The Balaban J connectivity index is 1.48. The van der Waals surface area contributed by atoms with Gasteiger partial charge in [-0.05, 0) is 47.4 Å². The summed E-state index contributed by atoms with van der Waals surface area (Å²) in [6, 6.07) is 10.1. The Labute approximate surface area is 167 Å². The predicted octanol–water partition coefficient (Wildman–Crippen LogP) is 2.47. The standard InChI is InChI=1S/C22H21N5O2/c1-3-18(28)26-10-15(11-26)27-9-14-6-5-13(8-16(14)22(27)29)19-12(2)4-7-17-20(19)21(23)25-24-17/h3-8,15H,1,9-11H2,2H3,(H3,23,24,25). The molecule has 0 bridgehead atoms. The van der Waals surface area contributed by atoms with Crippen molar-refractivity contribution in [2.75, 3.05) is 18.8 Å². The zero-order chi connectivity index (χ0) is 20.3. The number of aryl methyl sites for hydroxylation is 1. The molecule has 1 aromatic heterocycles. The van der Waals surface area contributed by atoms with Crippen LogP contribution in [0.1, 0.15) is 21.5 Å². The second-order valence-corrected chi connectivity index (χ2v) is 7.70. The van der Waals surface area contributed by atoms with E-state index in [0.29, 0.717) is 25.5 Å². The number of nitrogens with one attached hydrogen (secondary N) is 1. The van der Waals surface area contributed by atoms with E-state index in [1.807, 2.05) is 42.2 Å². The fourth-order valence-corrected chi connectivity index (χ4v) is 4.35. The lowest BCUT2D eigenvalue weighted by atomic mass is 9.94. The van der Waals surface area contributed by atoms with E-state index in [9.17, 15) is 9.59 Å². The predicted molar refractivity (Wildman–Crippen MR) is 111 cm³/mol. The SMILES string of the molecule is C=CC(=O)N1CC(N2Cc3ccc(-c4c(C)ccc5[nH]nc(N)c45)cc3C2=O)C1. The van der Waals surface area contributed by atoms with E-state index in [1.54, 1.807) is 4.90 Å². The van der Waals surface area contributed by atoms with E-state index in [0.717, 1.165) is 38.7 Å². The number of anilines is 1. The Kier molecular flexibility index (Phi) is 3.74. The molecule has 3 heterocycles. The van der Waals surface area contributed by atoms with E-state index in [2.05, 4.69) is 16.8 Å². The number of aromatic nitrogens is 2. The van der Waals surface area contributed by atoms with Gasteiger partial charge < -0.3 is 15.5 Å². The molecule has 1 saturated heterocycles. The first-order valence-electron chi connectivity index (χ1n) is 9.56. The Morgan fingerprint density at radius 1 is 1.31 bits per heavy atom. The topological polar surface area (TPSA) is 95.3 Å². The van der Waals surface area contributed by atoms with Gasteiger partial charge in [0.1, 0.15) is 0 Å². The number of nitrogens with two attached hydrogens (primary N) is 1. The van der Waals surface area contributed by atoms with Gasteiger partial charge in [-0.2, -0.15) is 5.10 Å². The molecule has 2 amide bonds. The van der Waals surface area contributed by atoms with Crippen molar-refractivity contribution < 1.29 is 9.59 Å². The number of aromatic amines is 1. The lowest BCUT2D eigenvalue weighted by Crippen LogP contribution is -2.60. The summed E-state index contributed by atoms with van der Waals surface area (Å²) in [4.78, 5) is 28.3. The average molecular weight is 387 g/mol. The number of amides is 2. The van der Waals surface area contributed by atoms with Gasteiger partial charge in [0.25, 0.3) is 5.91 Å². The van der Waals surface area contributed by atoms with Crippen LogP contribution < -0.4 is 5.73 Å². The summed E-state index contributed by atoms with van der Waals surface area (Å²) in [5.74, 6) is 0.380. The van der Waals surface area contributed by atoms with Gasteiger partial charge in [0.2, 0.25) is 5.91 Å².